The van der Waals surface area contributed by atoms with Crippen LogP contribution in [0.1, 0.15) is 24.0 Å². The SMILES string of the molecule is Cc1ccc(OC[C@H](O)CN2CCC[C@@H]2Cn2cc(C)cn2)cc1. The highest BCUT2D eigenvalue weighted by atomic mass is 16.5. The van der Waals surface area contributed by atoms with E-state index in [-0.39, 0.29) is 0 Å². The van der Waals surface area contributed by atoms with Crippen molar-refractivity contribution in [2.75, 3.05) is 19.7 Å². The second-order valence-electron chi connectivity index (χ2n) is 6.81. The van der Waals surface area contributed by atoms with Crippen LogP contribution in [0.15, 0.2) is 36.7 Å². The van der Waals surface area contributed by atoms with Crippen LogP contribution in [-0.2, 0) is 6.54 Å². The van der Waals surface area contributed by atoms with Crippen LogP contribution in [0.4, 0.5) is 0 Å². The van der Waals surface area contributed by atoms with Gasteiger partial charge in [0.2, 0.25) is 0 Å². The molecule has 0 aliphatic carbocycles. The molecule has 1 aromatic carbocycles. The molecule has 5 heteroatoms. The fraction of sp³-hybridized carbons (Fsp3) is 0.526. The van der Waals surface area contributed by atoms with Gasteiger partial charge in [0, 0.05) is 18.8 Å². The van der Waals surface area contributed by atoms with Gasteiger partial charge in [0.15, 0.2) is 0 Å². The van der Waals surface area contributed by atoms with Gasteiger partial charge in [-0.2, -0.15) is 5.10 Å². The van der Waals surface area contributed by atoms with Gasteiger partial charge >= 0.3 is 0 Å². The topological polar surface area (TPSA) is 50.5 Å². The van der Waals surface area contributed by atoms with Crippen LogP contribution in [0.25, 0.3) is 0 Å². The molecule has 0 radical (unpaired) electrons. The number of nitrogens with zero attached hydrogens (tertiary/aromatic N) is 3. The predicted molar refractivity (Wildman–Crippen MR) is 94.2 cm³/mol. The number of aliphatic hydroxyl groups excluding tert-OH is 1. The Bertz CT molecular complexity index is 638. The number of benzene rings is 1. The van der Waals surface area contributed by atoms with Gasteiger partial charge in [0.25, 0.3) is 0 Å². The van der Waals surface area contributed by atoms with Crippen molar-refractivity contribution in [3.05, 3.63) is 47.8 Å². The molecule has 1 aromatic heterocycles. The molecule has 1 aliphatic rings. The van der Waals surface area contributed by atoms with Crippen LogP contribution in [-0.4, -0.2) is 51.6 Å². The van der Waals surface area contributed by atoms with Crippen LogP contribution in [0.2, 0.25) is 0 Å². The monoisotopic (exact) mass is 329 g/mol. The van der Waals surface area contributed by atoms with Gasteiger partial charge in [-0.05, 0) is 50.9 Å². The van der Waals surface area contributed by atoms with E-state index in [9.17, 15) is 5.11 Å². The van der Waals surface area contributed by atoms with E-state index in [1.165, 1.54) is 17.5 Å². The van der Waals surface area contributed by atoms with Gasteiger partial charge in [0.1, 0.15) is 18.5 Å². The maximum atomic E-state index is 10.3. The quantitative estimate of drug-likeness (QED) is 0.847. The summed E-state index contributed by atoms with van der Waals surface area (Å²) in [5.41, 5.74) is 2.39. The summed E-state index contributed by atoms with van der Waals surface area (Å²) in [5, 5.41) is 14.7. The molecule has 24 heavy (non-hydrogen) atoms. The molecule has 1 aliphatic heterocycles. The molecule has 1 fully saturated rings. The molecular weight excluding hydrogens is 302 g/mol. The lowest BCUT2D eigenvalue weighted by Crippen LogP contribution is -2.40. The van der Waals surface area contributed by atoms with Crippen LogP contribution >= 0.6 is 0 Å². The van der Waals surface area contributed by atoms with Crippen LogP contribution in [0.5, 0.6) is 5.75 Å². The first-order valence-electron chi connectivity index (χ1n) is 8.71. The minimum Gasteiger partial charge on any atom is -0.491 e. The van der Waals surface area contributed by atoms with E-state index in [0.29, 0.717) is 19.2 Å². The summed E-state index contributed by atoms with van der Waals surface area (Å²) >= 11 is 0. The molecule has 2 heterocycles. The summed E-state index contributed by atoms with van der Waals surface area (Å²) in [6.45, 7) is 7.01. The van der Waals surface area contributed by atoms with Gasteiger partial charge in [-0.1, -0.05) is 17.7 Å². The van der Waals surface area contributed by atoms with E-state index in [2.05, 4.69) is 23.1 Å². The number of hydrogen-bond acceptors (Lipinski definition) is 4. The maximum Gasteiger partial charge on any atom is 0.119 e. The Morgan fingerprint density at radius 3 is 2.75 bits per heavy atom. The first-order chi connectivity index (χ1) is 11.6. The summed E-state index contributed by atoms with van der Waals surface area (Å²) < 4.78 is 7.70. The van der Waals surface area contributed by atoms with E-state index in [0.717, 1.165) is 25.3 Å². The molecule has 1 saturated heterocycles. The molecule has 0 saturated carbocycles. The average Bonchev–Trinajstić information content (AvgIpc) is 3.16. The van der Waals surface area contributed by atoms with Crippen LogP contribution in [0.3, 0.4) is 0 Å². The van der Waals surface area contributed by atoms with Gasteiger partial charge in [-0.15, -0.1) is 0 Å². The second-order valence-corrected chi connectivity index (χ2v) is 6.81. The lowest BCUT2D eigenvalue weighted by atomic mass is 10.2. The Morgan fingerprint density at radius 1 is 1.25 bits per heavy atom. The molecule has 0 bridgehead atoms. The third kappa shape index (κ3) is 4.58. The van der Waals surface area contributed by atoms with Crippen molar-refractivity contribution in [2.45, 2.75) is 45.4 Å². The summed E-state index contributed by atoms with van der Waals surface area (Å²) in [7, 11) is 0. The van der Waals surface area contributed by atoms with E-state index in [1.54, 1.807) is 0 Å². The van der Waals surface area contributed by atoms with Gasteiger partial charge in [-0.3, -0.25) is 9.58 Å². The summed E-state index contributed by atoms with van der Waals surface area (Å²) in [4.78, 5) is 2.36. The van der Waals surface area contributed by atoms with Crippen molar-refractivity contribution in [3.8, 4) is 5.75 Å². The number of aliphatic hydroxyl groups is 1. The van der Waals surface area contributed by atoms with E-state index in [1.807, 2.05) is 42.1 Å². The summed E-state index contributed by atoms with van der Waals surface area (Å²) in [6, 6.07) is 8.37. The number of β-amino-alcohol motifs (C(OH)–C–C–N with tert-alkyl or cyclic N) is 1. The molecule has 1 N–H and O–H groups in total. The molecule has 0 spiro atoms. The van der Waals surface area contributed by atoms with Gasteiger partial charge in [0.05, 0.1) is 12.7 Å². The second kappa shape index (κ2) is 7.81. The maximum absolute atomic E-state index is 10.3. The highest BCUT2D eigenvalue weighted by Gasteiger charge is 2.26. The first-order valence-corrected chi connectivity index (χ1v) is 8.71. The van der Waals surface area contributed by atoms with Crippen molar-refractivity contribution in [2.24, 2.45) is 0 Å². The number of rotatable bonds is 7. The number of likely N-dealkylation sites (tertiary alicyclic amines) is 1. The van der Waals surface area contributed by atoms with Crippen molar-refractivity contribution < 1.29 is 9.84 Å². The molecule has 3 rings (SSSR count). The fourth-order valence-electron chi connectivity index (χ4n) is 3.28. The van der Waals surface area contributed by atoms with Crippen molar-refractivity contribution in [1.29, 1.82) is 0 Å². The third-order valence-electron chi connectivity index (χ3n) is 4.57. The normalized spacial score (nSPS) is 19.5. The molecule has 5 nitrogen and oxygen atoms in total. The fourth-order valence-corrected chi connectivity index (χ4v) is 3.28. The zero-order valence-corrected chi connectivity index (χ0v) is 14.6. The zero-order chi connectivity index (χ0) is 16.9. The standard InChI is InChI=1S/C19H27N3O2/c1-15-5-7-19(8-6-15)24-14-18(23)13-21-9-3-4-17(21)12-22-11-16(2)10-20-22/h5-8,10-11,17-18,23H,3-4,9,12-14H2,1-2H3/t17-,18-/m1/s1. The largest absolute Gasteiger partial charge is 0.491 e. The van der Waals surface area contributed by atoms with E-state index >= 15 is 0 Å². The van der Waals surface area contributed by atoms with E-state index in [4.69, 9.17) is 4.74 Å². The third-order valence-corrected chi connectivity index (χ3v) is 4.57. The van der Waals surface area contributed by atoms with Gasteiger partial charge in [-0.25, -0.2) is 0 Å². The summed E-state index contributed by atoms with van der Waals surface area (Å²) in [6.07, 6.45) is 5.82. The smallest absolute Gasteiger partial charge is 0.119 e. The summed E-state index contributed by atoms with van der Waals surface area (Å²) in [5.74, 6) is 0.810. The zero-order valence-electron chi connectivity index (χ0n) is 14.6. The Labute approximate surface area is 143 Å². The molecule has 130 valence electrons. The van der Waals surface area contributed by atoms with Crippen molar-refractivity contribution in [3.63, 3.8) is 0 Å². The highest BCUT2D eigenvalue weighted by molar-refractivity contribution is 5.26. The first kappa shape index (κ1) is 17.0. The van der Waals surface area contributed by atoms with Crippen molar-refractivity contribution >= 4 is 0 Å². The Morgan fingerprint density at radius 2 is 2.04 bits per heavy atom. The Kier molecular flexibility index (Phi) is 5.53. The molecule has 2 aromatic rings. The van der Waals surface area contributed by atoms with Gasteiger partial charge < -0.3 is 9.84 Å². The average molecular weight is 329 g/mol. The minimum atomic E-state index is -0.480. The Balaban J connectivity index is 1.47. The molecule has 0 unspecified atom stereocenters. The molecule has 2 atom stereocenters. The Hall–Kier alpha value is -1.85. The van der Waals surface area contributed by atoms with Crippen LogP contribution < -0.4 is 4.74 Å². The van der Waals surface area contributed by atoms with Crippen LogP contribution in [0, 0.1) is 13.8 Å². The molecule has 0 amide bonds. The lowest BCUT2D eigenvalue weighted by molar-refractivity contribution is 0.0609. The lowest BCUT2D eigenvalue weighted by Gasteiger charge is -2.26. The number of hydrogen-bond donors (Lipinski definition) is 1. The number of ether oxygens (including phenoxy) is 1. The number of aryl methyl sites for hydroxylation is 2. The molecular formula is C19H27N3O2. The van der Waals surface area contributed by atoms with E-state index < -0.39 is 6.10 Å². The highest BCUT2D eigenvalue weighted by Crippen LogP contribution is 2.19. The van der Waals surface area contributed by atoms with Crippen molar-refractivity contribution in [1.82, 2.24) is 14.7 Å². The predicted octanol–water partition coefficient (Wildman–Crippen LogP) is 2.40. The number of aromatic nitrogens is 2. The minimum absolute atomic E-state index is 0.327.